The molecule has 0 unspecified atom stereocenters. The normalized spacial score (nSPS) is 13.4. The third-order valence-electron chi connectivity index (χ3n) is 12.9. The molecule has 0 amide bonds. The van der Waals surface area contributed by atoms with Gasteiger partial charge in [0.25, 0.3) is 0 Å². The Labute approximate surface area is 330 Å². The molecule has 0 atom stereocenters. The lowest BCUT2D eigenvalue weighted by atomic mass is 9.70. The van der Waals surface area contributed by atoms with Crippen molar-refractivity contribution in [3.63, 3.8) is 0 Å². The van der Waals surface area contributed by atoms with Gasteiger partial charge in [-0.05, 0) is 116 Å². The fourth-order valence-electron chi connectivity index (χ4n) is 10.7. The second-order valence-corrected chi connectivity index (χ2v) is 15.6. The van der Waals surface area contributed by atoms with Crippen LogP contribution in [0.2, 0.25) is 0 Å². The fraction of sp³-hybridized carbons (Fsp3) is 0.0182. The summed E-state index contributed by atoms with van der Waals surface area (Å²) >= 11 is 0. The highest BCUT2D eigenvalue weighted by molar-refractivity contribution is 6.13. The molecule has 2 heterocycles. The Hall–Kier alpha value is -7.42. The smallest absolute Gasteiger partial charge is 0.0725 e. The van der Waals surface area contributed by atoms with Gasteiger partial charge in [0.05, 0.1) is 27.5 Å². The maximum atomic E-state index is 2.47. The quantitative estimate of drug-likeness (QED) is 0.172. The number of para-hydroxylation sites is 3. The van der Waals surface area contributed by atoms with Crippen LogP contribution >= 0.6 is 0 Å². The molecular formula is C55H34N2. The molecule has 0 saturated carbocycles. The van der Waals surface area contributed by atoms with E-state index in [2.05, 4.69) is 215 Å². The van der Waals surface area contributed by atoms with E-state index in [-0.39, 0.29) is 5.41 Å². The molecule has 0 bridgehead atoms. The van der Waals surface area contributed by atoms with Crippen molar-refractivity contribution in [3.05, 3.63) is 229 Å². The van der Waals surface area contributed by atoms with Crippen LogP contribution in [0.3, 0.4) is 0 Å². The van der Waals surface area contributed by atoms with Crippen molar-refractivity contribution in [2.45, 2.75) is 5.41 Å². The minimum atomic E-state index is -0.345. The first-order chi connectivity index (χ1) is 28.3. The van der Waals surface area contributed by atoms with Gasteiger partial charge in [-0.15, -0.1) is 0 Å². The predicted molar refractivity (Wildman–Crippen MR) is 237 cm³/mol. The molecule has 2 aliphatic rings. The van der Waals surface area contributed by atoms with Gasteiger partial charge in [-0.3, -0.25) is 0 Å². The first-order valence-electron chi connectivity index (χ1n) is 19.9. The Bertz CT molecular complexity index is 3420. The summed E-state index contributed by atoms with van der Waals surface area (Å²) < 4.78 is 4.85. The highest BCUT2D eigenvalue weighted by Crippen LogP contribution is 2.62. The molecule has 0 radical (unpaired) electrons. The zero-order valence-corrected chi connectivity index (χ0v) is 31.0. The highest BCUT2D eigenvalue weighted by Gasteiger charge is 2.51. The Balaban J connectivity index is 0.999. The largest absolute Gasteiger partial charge is 0.309 e. The van der Waals surface area contributed by atoms with Gasteiger partial charge < -0.3 is 9.13 Å². The van der Waals surface area contributed by atoms with Crippen molar-refractivity contribution in [2.75, 3.05) is 0 Å². The molecule has 0 fully saturated rings. The third-order valence-corrected chi connectivity index (χ3v) is 12.9. The number of aromatic nitrogens is 2. The molecule has 0 N–H and O–H groups in total. The molecule has 2 aromatic heterocycles. The second-order valence-electron chi connectivity index (χ2n) is 15.6. The minimum absolute atomic E-state index is 0.345. The zero-order valence-electron chi connectivity index (χ0n) is 31.0. The number of rotatable bonds is 3. The van der Waals surface area contributed by atoms with Crippen LogP contribution in [0.25, 0.3) is 88.4 Å². The predicted octanol–water partition coefficient (Wildman–Crippen LogP) is 13.9. The van der Waals surface area contributed by atoms with E-state index >= 15 is 0 Å². The van der Waals surface area contributed by atoms with Gasteiger partial charge in [0.15, 0.2) is 0 Å². The summed E-state index contributed by atoms with van der Waals surface area (Å²) in [4.78, 5) is 0. The van der Waals surface area contributed by atoms with E-state index in [0.29, 0.717) is 0 Å². The number of hydrogen-bond acceptors (Lipinski definition) is 0. The lowest BCUT2D eigenvalue weighted by Crippen LogP contribution is -2.25. The van der Waals surface area contributed by atoms with Crippen LogP contribution in [0, 0.1) is 0 Å². The molecule has 57 heavy (non-hydrogen) atoms. The number of nitrogens with zero attached hydrogens (tertiary/aromatic N) is 2. The Kier molecular flexibility index (Phi) is 6.13. The summed E-state index contributed by atoms with van der Waals surface area (Å²) in [7, 11) is 0. The molecule has 0 saturated heterocycles. The SMILES string of the molecule is c1ccc(-n2c3ccccc3c3cc(-c4ccc5c(c4)c4ccccc4n5-c4ccc5c(c4)-c4ccccc4C54c5ccccc5-c5ccccc54)ccc32)cc1. The first kappa shape index (κ1) is 30.9. The third kappa shape index (κ3) is 3.99. The summed E-state index contributed by atoms with van der Waals surface area (Å²) in [6.07, 6.45) is 0. The molecule has 2 aliphatic carbocycles. The van der Waals surface area contributed by atoms with Crippen molar-refractivity contribution >= 4 is 43.6 Å². The number of benzene rings is 9. The van der Waals surface area contributed by atoms with Crippen molar-refractivity contribution in [1.82, 2.24) is 9.13 Å². The van der Waals surface area contributed by atoms with Crippen LogP contribution in [0.5, 0.6) is 0 Å². The Morgan fingerprint density at radius 1 is 0.263 bits per heavy atom. The monoisotopic (exact) mass is 722 g/mol. The van der Waals surface area contributed by atoms with Gasteiger partial charge >= 0.3 is 0 Å². The van der Waals surface area contributed by atoms with Gasteiger partial charge in [-0.2, -0.15) is 0 Å². The maximum absolute atomic E-state index is 2.47. The average Bonchev–Trinajstić information content (AvgIpc) is 3.98. The summed E-state index contributed by atoms with van der Waals surface area (Å²) in [5, 5.41) is 5.04. The van der Waals surface area contributed by atoms with Crippen LogP contribution in [-0.4, -0.2) is 9.13 Å². The van der Waals surface area contributed by atoms with Crippen molar-refractivity contribution in [2.24, 2.45) is 0 Å². The molecule has 0 aliphatic heterocycles. The van der Waals surface area contributed by atoms with E-state index in [4.69, 9.17) is 0 Å². The van der Waals surface area contributed by atoms with Crippen LogP contribution in [0.1, 0.15) is 22.3 Å². The maximum Gasteiger partial charge on any atom is 0.0725 e. The van der Waals surface area contributed by atoms with Gasteiger partial charge in [-0.1, -0.05) is 146 Å². The standard InChI is InChI=1S/C55H34N2/c1-2-14-37(15-3-1)56-51-24-12-7-19-42(51)45-32-35(26-30-53(45)56)36-27-31-54-46(33-36)43-20-8-13-25-52(43)57(54)38-28-29-50-44(34-38)41-18-6-11-23-49(41)55(50)47-21-9-4-16-39(47)40-17-5-10-22-48(40)55/h1-34H. The number of hydrogen-bond donors (Lipinski definition) is 0. The topological polar surface area (TPSA) is 9.86 Å². The van der Waals surface area contributed by atoms with E-state index < -0.39 is 0 Å². The molecule has 1 spiro atoms. The van der Waals surface area contributed by atoms with Gasteiger partial charge in [0.2, 0.25) is 0 Å². The van der Waals surface area contributed by atoms with Crippen LogP contribution in [-0.2, 0) is 5.41 Å². The first-order valence-corrected chi connectivity index (χ1v) is 19.9. The van der Waals surface area contributed by atoms with Gasteiger partial charge in [0.1, 0.15) is 0 Å². The van der Waals surface area contributed by atoms with E-state index in [1.807, 2.05) is 0 Å². The molecule has 2 heteroatoms. The summed E-state index contributed by atoms with van der Waals surface area (Å²) in [6.45, 7) is 0. The number of fused-ring (bicyclic) bond motifs is 16. The summed E-state index contributed by atoms with van der Waals surface area (Å²) in [5.41, 5.74) is 20.0. The minimum Gasteiger partial charge on any atom is -0.309 e. The molecule has 13 rings (SSSR count). The molecule has 2 nitrogen and oxygen atoms in total. The van der Waals surface area contributed by atoms with Crippen LogP contribution in [0.15, 0.2) is 206 Å². The lowest BCUT2D eigenvalue weighted by Gasteiger charge is -2.30. The van der Waals surface area contributed by atoms with Crippen molar-refractivity contribution in [3.8, 4) is 44.8 Å². The van der Waals surface area contributed by atoms with Gasteiger partial charge in [-0.25, -0.2) is 0 Å². The molecule has 9 aromatic carbocycles. The Morgan fingerprint density at radius 3 is 1.25 bits per heavy atom. The molecule has 11 aromatic rings. The van der Waals surface area contributed by atoms with E-state index in [0.717, 1.165) is 0 Å². The highest BCUT2D eigenvalue weighted by atomic mass is 15.0. The van der Waals surface area contributed by atoms with Crippen LogP contribution in [0.4, 0.5) is 0 Å². The lowest BCUT2D eigenvalue weighted by molar-refractivity contribution is 0.793. The molecular weight excluding hydrogens is 689 g/mol. The van der Waals surface area contributed by atoms with E-state index in [1.54, 1.807) is 0 Å². The van der Waals surface area contributed by atoms with E-state index in [9.17, 15) is 0 Å². The van der Waals surface area contributed by atoms with Crippen molar-refractivity contribution < 1.29 is 0 Å². The average molecular weight is 723 g/mol. The molecule has 264 valence electrons. The fourth-order valence-corrected chi connectivity index (χ4v) is 10.7. The second kappa shape index (κ2) is 11.3. The van der Waals surface area contributed by atoms with E-state index in [1.165, 1.54) is 111 Å². The Morgan fingerprint density at radius 2 is 0.684 bits per heavy atom. The summed E-state index contributed by atoms with van der Waals surface area (Å²) in [5.74, 6) is 0. The van der Waals surface area contributed by atoms with Crippen LogP contribution < -0.4 is 0 Å². The summed E-state index contributed by atoms with van der Waals surface area (Å²) in [6, 6.07) is 76.7. The van der Waals surface area contributed by atoms with Crippen molar-refractivity contribution in [1.29, 1.82) is 0 Å². The zero-order chi connectivity index (χ0) is 37.2. The van der Waals surface area contributed by atoms with Gasteiger partial charge in [0, 0.05) is 32.9 Å².